The number of amides is 2. The molecule has 116 valence electrons. The number of carboxylic acids is 1. The van der Waals surface area contributed by atoms with Gasteiger partial charge in [-0.2, -0.15) is 0 Å². The summed E-state index contributed by atoms with van der Waals surface area (Å²) in [7, 11) is 0. The highest BCUT2D eigenvalue weighted by Gasteiger charge is 2.35. The lowest BCUT2D eigenvalue weighted by molar-refractivity contribution is -0.149. The first-order valence-electron chi connectivity index (χ1n) is 6.57. The van der Waals surface area contributed by atoms with Crippen LogP contribution in [0.25, 0.3) is 0 Å². The lowest BCUT2D eigenvalue weighted by atomic mass is 9.82. The third-order valence-electron chi connectivity index (χ3n) is 3.51. The van der Waals surface area contributed by atoms with Gasteiger partial charge >= 0.3 is 12.0 Å². The van der Waals surface area contributed by atoms with Crippen LogP contribution in [0, 0.1) is 5.41 Å². The van der Waals surface area contributed by atoms with Gasteiger partial charge in [0.15, 0.2) is 0 Å². The highest BCUT2D eigenvalue weighted by molar-refractivity contribution is 6.35. The Labute approximate surface area is 133 Å². The minimum absolute atomic E-state index is 0.0511. The SMILES string of the molecule is CCC(CC)(CNC(=O)Nc1cc(Cl)cc(Cl)c1)C(=O)O. The number of nitrogens with one attached hydrogen (secondary N) is 2. The summed E-state index contributed by atoms with van der Waals surface area (Å²) in [6.07, 6.45) is 0.865. The molecule has 0 saturated heterocycles. The van der Waals surface area contributed by atoms with E-state index in [1.807, 2.05) is 0 Å². The molecule has 7 heteroatoms. The van der Waals surface area contributed by atoms with Gasteiger partial charge in [0.05, 0.1) is 5.41 Å². The molecule has 1 aromatic rings. The van der Waals surface area contributed by atoms with E-state index in [4.69, 9.17) is 23.2 Å². The van der Waals surface area contributed by atoms with Crippen LogP contribution in [0.1, 0.15) is 26.7 Å². The maximum Gasteiger partial charge on any atom is 0.319 e. The Morgan fingerprint density at radius 2 is 1.67 bits per heavy atom. The second-order valence-corrected chi connectivity index (χ2v) is 5.63. The number of rotatable bonds is 6. The molecule has 21 heavy (non-hydrogen) atoms. The number of urea groups is 1. The highest BCUT2D eigenvalue weighted by Crippen LogP contribution is 2.26. The van der Waals surface area contributed by atoms with Crippen molar-refractivity contribution < 1.29 is 14.7 Å². The molecule has 0 aliphatic rings. The molecule has 0 aliphatic carbocycles. The van der Waals surface area contributed by atoms with Crippen LogP contribution < -0.4 is 10.6 Å². The average molecular weight is 333 g/mol. The number of anilines is 1. The van der Waals surface area contributed by atoms with Crippen molar-refractivity contribution in [2.24, 2.45) is 5.41 Å². The third kappa shape index (κ3) is 4.79. The van der Waals surface area contributed by atoms with Crippen molar-refractivity contribution in [2.45, 2.75) is 26.7 Å². The number of carbonyl (C=O) groups is 2. The van der Waals surface area contributed by atoms with Gasteiger partial charge in [-0.25, -0.2) is 4.79 Å². The first-order valence-corrected chi connectivity index (χ1v) is 7.33. The van der Waals surface area contributed by atoms with E-state index in [0.717, 1.165) is 0 Å². The highest BCUT2D eigenvalue weighted by atomic mass is 35.5. The minimum Gasteiger partial charge on any atom is -0.481 e. The largest absolute Gasteiger partial charge is 0.481 e. The van der Waals surface area contributed by atoms with Crippen molar-refractivity contribution in [3.05, 3.63) is 28.2 Å². The van der Waals surface area contributed by atoms with E-state index in [1.54, 1.807) is 32.0 Å². The topological polar surface area (TPSA) is 78.4 Å². The van der Waals surface area contributed by atoms with Crippen molar-refractivity contribution >= 4 is 40.9 Å². The fraction of sp³-hybridized carbons (Fsp3) is 0.429. The van der Waals surface area contributed by atoms with E-state index in [0.29, 0.717) is 28.6 Å². The van der Waals surface area contributed by atoms with Gasteiger partial charge in [-0.15, -0.1) is 0 Å². The number of halogens is 2. The van der Waals surface area contributed by atoms with Gasteiger partial charge in [-0.1, -0.05) is 37.0 Å². The Morgan fingerprint density at radius 1 is 1.14 bits per heavy atom. The van der Waals surface area contributed by atoms with Crippen LogP contribution in [0.15, 0.2) is 18.2 Å². The van der Waals surface area contributed by atoms with E-state index in [9.17, 15) is 14.7 Å². The Hall–Kier alpha value is -1.46. The summed E-state index contributed by atoms with van der Waals surface area (Å²) in [5.74, 6) is -0.918. The first-order chi connectivity index (χ1) is 9.82. The Morgan fingerprint density at radius 3 is 2.10 bits per heavy atom. The van der Waals surface area contributed by atoms with Crippen LogP contribution >= 0.6 is 23.2 Å². The maximum atomic E-state index is 11.8. The molecule has 0 aromatic heterocycles. The lowest BCUT2D eigenvalue weighted by Gasteiger charge is -2.26. The second kappa shape index (κ2) is 7.52. The molecular weight excluding hydrogens is 315 g/mol. The van der Waals surface area contributed by atoms with Gasteiger partial charge in [-0.3, -0.25) is 4.79 Å². The molecule has 0 bridgehead atoms. The van der Waals surface area contributed by atoms with Crippen LogP contribution in [-0.4, -0.2) is 23.7 Å². The number of benzene rings is 1. The van der Waals surface area contributed by atoms with E-state index in [-0.39, 0.29) is 6.54 Å². The van der Waals surface area contributed by atoms with Gasteiger partial charge in [0, 0.05) is 22.3 Å². The number of aliphatic carboxylic acids is 1. The summed E-state index contributed by atoms with van der Waals surface area (Å²) in [4.78, 5) is 23.2. The van der Waals surface area contributed by atoms with Crippen LogP contribution in [0.5, 0.6) is 0 Å². The Balaban J connectivity index is 2.67. The second-order valence-electron chi connectivity index (χ2n) is 4.76. The summed E-state index contributed by atoms with van der Waals surface area (Å²) in [6, 6.07) is 4.16. The van der Waals surface area contributed by atoms with Crippen LogP contribution in [-0.2, 0) is 4.79 Å². The molecule has 0 fully saturated rings. The summed E-state index contributed by atoms with van der Waals surface area (Å²) in [5, 5.41) is 15.2. The number of carbonyl (C=O) groups excluding carboxylic acids is 1. The van der Waals surface area contributed by atoms with E-state index in [1.165, 1.54) is 0 Å². The predicted molar refractivity (Wildman–Crippen MR) is 84.1 cm³/mol. The normalized spacial score (nSPS) is 11.0. The maximum absolute atomic E-state index is 11.8. The quantitative estimate of drug-likeness (QED) is 0.736. The van der Waals surface area contributed by atoms with Crippen molar-refractivity contribution in [2.75, 3.05) is 11.9 Å². The molecule has 0 aliphatic heterocycles. The third-order valence-corrected chi connectivity index (χ3v) is 3.95. The standard InChI is InChI=1S/C14H18Cl2N2O3/c1-3-14(4-2,12(19)20)8-17-13(21)18-11-6-9(15)5-10(16)7-11/h5-7H,3-4,8H2,1-2H3,(H,19,20)(H2,17,18,21). The van der Waals surface area contributed by atoms with Crippen molar-refractivity contribution in [3.8, 4) is 0 Å². The van der Waals surface area contributed by atoms with Crippen LogP contribution in [0.3, 0.4) is 0 Å². The molecule has 0 unspecified atom stereocenters. The van der Waals surface area contributed by atoms with Crippen LogP contribution in [0.2, 0.25) is 10.0 Å². The Kier molecular flexibility index (Phi) is 6.30. The van der Waals surface area contributed by atoms with Crippen molar-refractivity contribution in [1.29, 1.82) is 0 Å². The smallest absolute Gasteiger partial charge is 0.319 e. The van der Waals surface area contributed by atoms with E-state index >= 15 is 0 Å². The van der Waals surface area contributed by atoms with Gasteiger partial charge in [0.2, 0.25) is 0 Å². The van der Waals surface area contributed by atoms with Crippen LogP contribution in [0.4, 0.5) is 10.5 Å². The zero-order chi connectivity index (χ0) is 16.0. The molecule has 0 radical (unpaired) electrons. The average Bonchev–Trinajstić information content (AvgIpc) is 2.38. The van der Waals surface area contributed by atoms with Crippen molar-refractivity contribution in [1.82, 2.24) is 5.32 Å². The Bertz CT molecular complexity index is 511. The first kappa shape index (κ1) is 17.6. The summed E-state index contributed by atoms with van der Waals surface area (Å²) >= 11 is 11.7. The fourth-order valence-electron chi connectivity index (χ4n) is 1.93. The summed E-state index contributed by atoms with van der Waals surface area (Å²) in [6.45, 7) is 3.62. The summed E-state index contributed by atoms with van der Waals surface area (Å²) < 4.78 is 0. The van der Waals surface area contributed by atoms with Crippen molar-refractivity contribution in [3.63, 3.8) is 0 Å². The molecule has 1 rings (SSSR count). The molecule has 0 saturated carbocycles. The molecular formula is C14H18Cl2N2O3. The predicted octanol–water partition coefficient (Wildman–Crippen LogP) is 4.01. The molecule has 3 N–H and O–H groups in total. The van der Waals surface area contributed by atoms with Gasteiger partial charge in [0.1, 0.15) is 0 Å². The number of hydrogen-bond donors (Lipinski definition) is 3. The zero-order valence-corrected chi connectivity index (χ0v) is 13.4. The zero-order valence-electron chi connectivity index (χ0n) is 11.9. The monoisotopic (exact) mass is 332 g/mol. The lowest BCUT2D eigenvalue weighted by Crippen LogP contribution is -2.43. The van der Waals surface area contributed by atoms with Gasteiger partial charge in [0.25, 0.3) is 0 Å². The minimum atomic E-state index is -0.955. The summed E-state index contributed by atoms with van der Waals surface area (Å²) in [5.41, 5.74) is -0.512. The molecule has 0 atom stereocenters. The molecule has 0 heterocycles. The molecule has 0 spiro atoms. The van der Waals surface area contributed by atoms with E-state index in [2.05, 4.69) is 10.6 Å². The molecule has 1 aromatic carbocycles. The fourth-order valence-corrected chi connectivity index (χ4v) is 2.45. The molecule has 5 nitrogen and oxygen atoms in total. The number of carboxylic acid groups (broad SMARTS) is 1. The van der Waals surface area contributed by atoms with Gasteiger partial charge < -0.3 is 15.7 Å². The van der Waals surface area contributed by atoms with E-state index < -0.39 is 17.4 Å². The molecule has 2 amide bonds. The number of hydrogen-bond acceptors (Lipinski definition) is 2. The van der Waals surface area contributed by atoms with Gasteiger partial charge in [-0.05, 0) is 31.0 Å².